The lowest BCUT2D eigenvalue weighted by Gasteiger charge is -2.34. The minimum atomic E-state index is 0.189. The van der Waals surface area contributed by atoms with E-state index < -0.39 is 0 Å². The molecule has 4 heteroatoms. The zero-order chi connectivity index (χ0) is 18.4. The van der Waals surface area contributed by atoms with Crippen molar-refractivity contribution in [2.45, 2.75) is 39.0 Å². The fourth-order valence-corrected chi connectivity index (χ4v) is 3.83. The van der Waals surface area contributed by atoms with Crippen LogP contribution < -0.4 is 15.0 Å². The lowest BCUT2D eigenvalue weighted by molar-refractivity contribution is -0.121. The highest BCUT2D eigenvalue weighted by atomic mass is 16.5. The van der Waals surface area contributed by atoms with Crippen LogP contribution in [0, 0.1) is 5.92 Å². The summed E-state index contributed by atoms with van der Waals surface area (Å²) >= 11 is 0. The molecule has 0 unspecified atom stereocenters. The Morgan fingerprint density at radius 3 is 2.77 bits per heavy atom. The number of carbonyl (C=O) groups excluding carboxylic acids is 1. The van der Waals surface area contributed by atoms with E-state index in [1.165, 1.54) is 29.3 Å². The maximum Gasteiger partial charge on any atom is 0.219 e. The van der Waals surface area contributed by atoms with Gasteiger partial charge in [-0.05, 0) is 55.2 Å². The van der Waals surface area contributed by atoms with Gasteiger partial charge < -0.3 is 15.0 Å². The van der Waals surface area contributed by atoms with Crippen molar-refractivity contribution in [3.8, 4) is 5.75 Å². The van der Waals surface area contributed by atoms with Crippen molar-refractivity contribution in [2.75, 3.05) is 31.6 Å². The number of hydrogen-bond donors (Lipinski definition) is 1. The summed E-state index contributed by atoms with van der Waals surface area (Å²) < 4.78 is 5.41. The number of anilines is 1. The van der Waals surface area contributed by atoms with Gasteiger partial charge in [-0.1, -0.05) is 25.1 Å². The average molecular weight is 354 g/mol. The molecule has 1 fully saturated rings. The van der Waals surface area contributed by atoms with Crippen molar-refractivity contribution in [1.29, 1.82) is 0 Å². The zero-order valence-corrected chi connectivity index (χ0v) is 16.0. The maximum absolute atomic E-state index is 11.6. The van der Waals surface area contributed by atoms with E-state index in [9.17, 15) is 4.79 Å². The molecule has 0 spiro atoms. The molecule has 0 radical (unpaired) electrons. The molecule has 2 aromatic rings. The van der Waals surface area contributed by atoms with Gasteiger partial charge >= 0.3 is 0 Å². The van der Waals surface area contributed by atoms with Crippen molar-refractivity contribution in [3.63, 3.8) is 0 Å². The van der Waals surface area contributed by atoms with Crippen LogP contribution in [0.5, 0.6) is 5.75 Å². The van der Waals surface area contributed by atoms with Crippen LogP contribution in [0.4, 0.5) is 5.69 Å². The normalized spacial score (nSPS) is 15.2. The number of ether oxygens (including phenoxy) is 1. The first kappa shape index (κ1) is 18.6. The molecule has 0 aromatic heterocycles. The average Bonchev–Trinajstić information content (AvgIpc) is 2.68. The minimum Gasteiger partial charge on any atom is -0.497 e. The van der Waals surface area contributed by atoms with Crippen LogP contribution in [0.3, 0.4) is 0 Å². The fraction of sp³-hybridized carbons (Fsp3) is 0.500. The van der Waals surface area contributed by atoms with E-state index in [-0.39, 0.29) is 5.91 Å². The molecular weight excluding hydrogens is 324 g/mol. The maximum atomic E-state index is 11.6. The zero-order valence-electron chi connectivity index (χ0n) is 16.0. The SMILES string of the molecule is CCCC(=O)NCCC1CCN(c2cccc3ccc(OC)cc23)CC1. The minimum absolute atomic E-state index is 0.189. The molecule has 0 aliphatic carbocycles. The number of piperidine rings is 1. The Bertz CT molecular complexity index is 736. The van der Waals surface area contributed by atoms with Crippen LogP contribution in [-0.4, -0.2) is 32.7 Å². The summed E-state index contributed by atoms with van der Waals surface area (Å²) in [5.74, 6) is 1.80. The number of nitrogens with one attached hydrogen (secondary N) is 1. The van der Waals surface area contributed by atoms with Gasteiger partial charge in [0.2, 0.25) is 5.91 Å². The Balaban J connectivity index is 1.58. The largest absolute Gasteiger partial charge is 0.497 e. The van der Waals surface area contributed by atoms with Gasteiger partial charge in [0.05, 0.1) is 7.11 Å². The molecule has 4 nitrogen and oxygen atoms in total. The van der Waals surface area contributed by atoms with Crippen LogP contribution >= 0.6 is 0 Å². The molecule has 1 heterocycles. The Kier molecular flexibility index (Phi) is 6.37. The Labute approximate surface area is 156 Å². The molecule has 1 amide bonds. The molecule has 26 heavy (non-hydrogen) atoms. The van der Waals surface area contributed by atoms with Gasteiger partial charge in [0.15, 0.2) is 0 Å². The number of nitrogens with zero attached hydrogens (tertiary/aromatic N) is 1. The summed E-state index contributed by atoms with van der Waals surface area (Å²) in [6, 6.07) is 12.8. The number of amides is 1. The van der Waals surface area contributed by atoms with Gasteiger partial charge in [-0.3, -0.25) is 4.79 Å². The highest BCUT2D eigenvalue weighted by Gasteiger charge is 2.20. The molecule has 1 saturated heterocycles. The lowest BCUT2D eigenvalue weighted by Crippen LogP contribution is -2.35. The number of carbonyl (C=O) groups is 1. The second-order valence-corrected chi connectivity index (χ2v) is 7.18. The third-order valence-electron chi connectivity index (χ3n) is 5.37. The number of methoxy groups -OCH3 is 1. The van der Waals surface area contributed by atoms with Crippen molar-refractivity contribution < 1.29 is 9.53 Å². The molecule has 140 valence electrons. The molecule has 0 saturated carbocycles. The van der Waals surface area contributed by atoms with Crippen LogP contribution in [0.25, 0.3) is 10.8 Å². The van der Waals surface area contributed by atoms with Crippen molar-refractivity contribution in [1.82, 2.24) is 5.32 Å². The second-order valence-electron chi connectivity index (χ2n) is 7.18. The Morgan fingerprint density at radius 2 is 2.04 bits per heavy atom. The van der Waals surface area contributed by atoms with E-state index in [2.05, 4.69) is 40.5 Å². The van der Waals surface area contributed by atoms with E-state index in [1.54, 1.807) is 7.11 Å². The van der Waals surface area contributed by atoms with Gasteiger partial charge in [0, 0.05) is 37.1 Å². The highest BCUT2D eigenvalue weighted by molar-refractivity contribution is 5.95. The van der Waals surface area contributed by atoms with Gasteiger partial charge in [0.1, 0.15) is 5.75 Å². The van der Waals surface area contributed by atoms with E-state index in [4.69, 9.17) is 4.74 Å². The lowest BCUT2D eigenvalue weighted by atomic mass is 9.92. The molecule has 1 aliphatic heterocycles. The van der Waals surface area contributed by atoms with Gasteiger partial charge in [0.25, 0.3) is 0 Å². The molecule has 0 atom stereocenters. The van der Waals surface area contributed by atoms with E-state index in [0.29, 0.717) is 12.3 Å². The quantitative estimate of drug-likeness (QED) is 0.803. The van der Waals surface area contributed by atoms with Crippen LogP contribution in [0.15, 0.2) is 36.4 Å². The summed E-state index contributed by atoms with van der Waals surface area (Å²) in [6.45, 7) is 5.00. The summed E-state index contributed by atoms with van der Waals surface area (Å²) in [5, 5.41) is 5.56. The van der Waals surface area contributed by atoms with E-state index in [1.807, 2.05) is 13.0 Å². The molecule has 2 aromatic carbocycles. The first-order valence-electron chi connectivity index (χ1n) is 9.79. The first-order valence-corrected chi connectivity index (χ1v) is 9.79. The fourth-order valence-electron chi connectivity index (χ4n) is 3.83. The molecular formula is C22H30N2O2. The molecule has 1 aliphatic rings. The topological polar surface area (TPSA) is 41.6 Å². The van der Waals surface area contributed by atoms with Crippen molar-refractivity contribution in [2.24, 2.45) is 5.92 Å². The number of benzene rings is 2. The molecule has 0 bridgehead atoms. The van der Waals surface area contributed by atoms with Gasteiger partial charge in [-0.15, -0.1) is 0 Å². The Hall–Kier alpha value is -2.23. The predicted molar refractivity (Wildman–Crippen MR) is 108 cm³/mol. The smallest absolute Gasteiger partial charge is 0.219 e. The van der Waals surface area contributed by atoms with Gasteiger partial charge in [-0.2, -0.15) is 0 Å². The first-order chi connectivity index (χ1) is 12.7. The van der Waals surface area contributed by atoms with Gasteiger partial charge in [-0.25, -0.2) is 0 Å². The predicted octanol–water partition coefficient (Wildman–Crippen LogP) is 4.37. The van der Waals surface area contributed by atoms with Crippen LogP contribution in [-0.2, 0) is 4.79 Å². The van der Waals surface area contributed by atoms with E-state index >= 15 is 0 Å². The third kappa shape index (κ3) is 4.48. The Morgan fingerprint density at radius 1 is 1.23 bits per heavy atom. The molecule has 3 rings (SSSR count). The number of rotatable bonds is 7. The van der Waals surface area contributed by atoms with E-state index in [0.717, 1.165) is 38.2 Å². The summed E-state index contributed by atoms with van der Waals surface area (Å²) in [6.07, 6.45) is 5.02. The highest BCUT2D eigenvalue weighted by Crippen LogP contribution is 2.33. The summed E-state index contributed by atoms with van der Waals surface area (Å²) in [7, 11) is 1.72. The summed E-state index contributed by atoms with van der Waals surface area (Å²) in [4.78, 5) is 14.1. The monoisotopic (exact) mass is 354 g/mol. The van der Waals surface area contributed by atoms with Crippen LogP contribution in [0.1, 0.15) is 39.0 Å². The standard InChI is InChI=1S/C22H30N2O2/c1-3-5-22(25)23-13-10-17-11-14-24(15-12-17)21-7-4-6-18-8-9-19(26-2)16-20(18)21/h4,6-9,16-17H,3,5,10-15H2,1-2H3,(H,23,25). The second kappa shape index (κ2) is 8.93. The van der Waals surface area contributed by atoms with Crippen LogP contribution in [0.2, 0.25) is 0 Å². The summed E-state index contributed by atoms with van der Waals surface area (Å²) in [5.41, 5.74) is 1.30. The third-order valence-corrected chi connectivity index (χ3v) is 5.37. The molecule has 1 N–H and O–H groups in total. The number of hydrogen-bond acceptors (Lipinski definition) is 3. The van der Waals surface area contributed by atoms with Crippen molar-refractivity contribution >= 4 is 22.4 Å². The number of fused-ring (bicyclic) bond motifs is 1. The van der Waals surface area contributed by atoms with Crippen molar-refractivity contribution in [3.05, 3.63) is 36.4 Å².